The molecule has 2 heteroatoms. The van der Waals surface area contributed by atoms with E-state index < -0.39 is 0 Å². The maximum absolute atomic E-state index is 3.77. The summed E-state index contributed by atoms with van der Waals surface area (Å²) in [6.07, 6.45) is 7.66. The normalized spacial score (nSPS) is 11.1. The van der Waals surface area contributed by atoms with Crippen LogP contribution in [0.15, 0.2) is 70.3 Å². The quantitative estimate of drug-likeness (QED) is 0.532. The van der Waals surface area contributed by atoms with Crippen LogP contribution in [-0.2, 0) is 0 Å². The summed E-state index contributed by atoms with van der Waals surface area (Å²) in [6, 6.07) is 8.50. The molecule has 0 nitrogen and oxygen atoms in total. The van der Waals surface area contributed by atoms with E-state index in [1.165, 1.54) is 9.79 Å². The van der Waals surface area contributed by atoms with Crippen molar-refractivity contribution in [3.63, 3.8) is 0 Å². The van der Waals surface area contributed by atoms with E-state index in [1.54, 1.807) is 29.6 Å². The van der Waals surface area contributed by atoms with E-state index in [0.29, 0.717) is 0 Å². The zero-order valence-electron chi connectivity index (χ0n) is 8.77. The average molecular weight is 234 g/mol. The molecule has 0 N–H and O–H groups in total. The van der Waals surface area contributed by atoms with Gasteiger partial charge in [-0.05, 0) is 36.6 Å². The predicted octanol–water partition coefficient (Wildman–Crippen LogP) is 4.76. The largest absolute Gasteiger partial charge is 0.130 e. The van der Waals surface area contributed by atoms with Gasteiger partial charge >= 0.3 is 0 Å². The Bertz CT molecular complexity index is 361. The second-order valence-corrected chi connectivity index (χ2v) is 4.81. The van der Waals surface area contributed by atoms with Crippen molar-refractivity contribution in [3.8, 4) is 0 Å². The van der Waals surface area contributed by atoms with E-state index in [2.05, 4.69) is 43.7 Å². The maximum Gasteiger partial charge on any atom is 0.0123 e. The van der Waals surface area contributed by atoms with E-state index in [9.17, 15) is 0 Å². The van der Waals surface area contributed by atoms with Gasteiger partial charge in [0.2, 0.25) is 0 Å². The molecule has 0 saturated carbocycles. The Morgan fingerprint density at radius 3 is 2.20 bits per heavy atom. The van der Waals surface area contributed by atoms with Crippen molar-refractivity contribution in [2.24, 2.45) is 0 Å². The first-order valence-corrected chi connectivity index (χ1v) is 6.61. The predicted molar refractivity (Wildman–Crippen MR) is 72.6 cm³/mol. The molecule has 0 radical (unpaired) electrons. The molecule has 1 aromatic carbocycles. The summed E-state index contributed by atoms with van der Waals surface area (Å²) >= 11 is 3.45. The lowest BCUT2D eigenvalue weighted by molar-refractivity contribution is 1.36. The summed E-state index contributed by atoms with van der Waals surface area (Å²) in [5.41, 5.74) is 0. The molecule has 0 fully saturated rings. The number of hydrogen-bond donors (Lipinski definition) is 0. The highest BCUT2D eigenvalue weighted by molar-refractivity contribution is 8.03. The lowest BCUT2D eigenvalue weighted by Gasteiger charge is -2.02. The van der Waals surface area contributed by atoms with Gasteiger partial charge in [0.1, 0.15) is 0 Å². The van der Waals surface area contributed by atoms with E-state index in [0.717, 1.165) is 4.91 Å². The molecule has 78 valence electrons. The summed E-state index contributed by atoms with van der Waals surface area (Å²) < 4.78 is 0. The van der Waals surface area contributed by atoms with E-state index >= 15 is 0 Å². The van der Waals surface area contributed by atoms with Crippen LogP contribution >= 0.6 is 23.5 Å². The Kier molecular flexibility index (Phi) is 5.37. The molecule has 0 atom stereocenters. The Morgan fingerprint density at radius 1 is 1.13 bits per heavy atom. The maximum atomic E-state index is 3.77. The van der Waals surface area contributed by atoms with E-state index in [4.69, 9.17) is 0 Å². The van der Waals surface area contributed by atoms with Crippen molar-refractivity contribution < 1.29 is 0 Å². The summed E-state index contributed by atoms with van der Waals surface area (Å²) in [5, 5.41) is 0. The van der Waals surface area contributed by atoms with Gasteiger partial charge in [0.05, 0.1) is 0 Å². The van der Waals surface area contributed by atoms with Crippen molar-refractivity contribution in [3.05, 3.63) is 60.6 Å². The van der Waals surface area contributed by atoms with Gasteiger partial charge in [0.25, 0.3) is 0 Å². The zero-order chi connectivity index (χ0) is 11.1. The summed E-state index contributed by atoms with van der Waals surface area (Å²) in [4.78, 5) is 3.62. The molecule has 0 aliphatic carbocycles. The molecule has 0 aromatic heterocycles. The molecule has 1 rings (SSSR count). The third kappa shape index (κ3) is 4.02. The van der Waals surface area contributed by atoms with Crippen LogP contribution < -0.4 is 0 Å². The molecule has 0 unspecified atom stereocenters. The fraction of sp³-hybridized carbons (Fsp3) is 0.0769. The SMILES string of the molecule is C=C/C=C(\C=C)Sc1ccc(SC)cc1. The minimum atomic E-state index is 1.11. The van der Waals surface area contributed by atoms with Crippen molar-refractivity contribution in [2.45, 2.75) is 9.79 Å². The molecule has 1 aromatic rings. The number of hydrogen-bond acceptors (Lipinski definition) is 2. The zero-order valence-corrected chi connectivity index (χ0v) is 10.4. The highest BCUT2D eigenvalue weighted by Crippen LogP contribution is 2.28. The van der Waals surface area contributed by atoms with Gasteiger partial charge in [-0.1, -0.05) is 37.1 Å². The fourth-order valence-electron chi connectivity index (χ4n) is 1.04. The van der Waals surface area contributed by atoms with Crippen LogP contribution in [0.5, 0.6) is 0 Å². The van der Waals surface area contributed by atoms with E-state index in [-0.39, 0.29) is 0 Å². The van der Waals surface area contributed by atoms with Gasteiger partial charge in [-0.25, -0.2) is 0 Å². The van der Waals surface area contributed by atoms with Gasteiger partial charge in [0, 0.05) is 14.7 Å². The van der Waals surface area contributed by atoms with Crippen molar-refractivity contribution in [1.29, 1.82) is 0 Å². The molecule has 0 aliphatic heterocycles. The monoisotopic (exact) mass is 234 g/mol. The van der Waals surface area contributed by atoms with E-state index in [1.807, 2.05) is 12.2 Å². The molecule has 0 aliphatic rings. The minimum absolute atomic E-state index is 1.11. The fourth-order valence-corrected chi connectivity index (χ4v) is 2.24. The van der Waals surface area contributed by atoms with Crippen molar-refractivity contribution in [1.82, 2.24) is 0 Å². The van der Waals surface area contributed by atoms with Gasteiger partial charge in [-0.2, -0.15) is 0 Å². The van der Waals surface area contributed by atoms with Crippen LogP contribution in [0, 0.1) is 0 Å². The van der Waals surface area contributed by atoms with Crippen LogP contribution in [0.3, 0.4) is 0 Å². The lowest BCUT2D eigenvalue weighted by atomic mass is 10.4. The molecular formula is C13H14S2. The topological polar surface area (TPSA) is 0 Å². The standard InChI is InChI=1S/C13H14S2/c1-4-6-11(5-2)15-13-9-7-12(14-3)8-10-13/h4-10H,1-2H2,3H3/b11-6+. The Labute approximate surface area is 100 Å². The average Bonchev–Trinajstić information content (AvgIpc) is 2.29. The number of thioether (sulfide) groups is 2. The molecule has 0 spiro atoms. The van der Waals surface area contributed by atoms with Crippen molar-refractivity contribution in [2.75, 3.05) is 6.26 Å². The van der Waals surface area contributed by atoms with Gasteiger partial charge in [0.15, 0.2) is 0 Å². The Balaban J connectivity index is 2.75. The molecule has 15 heavy (non-hydrogen) atoms. The number of allylic oxidation sites excluding steroid dienone is 3. The highest BCUT2D eigenvalue weighted by atomic mass is 32.2. The first-order chi connectivity index (χ1) is 7.30. The second-order valence-electron chi connectivity index (χ2n) is 2.79. The molecule has 0 heterocycles. The summed E-state index contributed by atoms with van der Waals surface area (Å²) in [7, 11) is 0. The van der Waals surface area contributed by atoms with Crippen LogP contribution in [0.4, 0.5) is 0 Å². The summed E-state index contributed by atoms with van der Waals surface area (Å²) in [5.74, 6) is 0. The van der Waals surface area contributed by atoms with Crippen LogP contribution in [-0.4, -0.2) is 6.26 Å². The third-order valence-corrected chi connectivity index (χ3v) is 3.57. The molecule has 0 amide bonds. The smallest absolute Gasteiger partial charge is 0.0123 e. The minimum Gasteiger partial charge on any atom is -0.130 e. The number of benzene rings is 1. The first kappa shape index (κ1) is 12.2. The van der Waals surface area contributed by atoms with Crippen LogP contribution in [0.25, 0.3) is 0 Å². The third-order valence-electron chi connectivity index (χ3n) is 1.78. The van der Waals surface area contributed by atoms with Crippen molar-refractivity contribution >= 4 is 23.5 Å². The summed E-state index contributed by atoms with van der Waals surface area (Å²) in [6.45, 7) is 7.45. The Morgan fingerprint density at radius 2 is 1.73 bits per heavy atom. The van der Waals surface area contributed by atoms with Crippen LogP contribution in [0.1, 0.15) is 0 Å². The van der Waals surface area contributed by atoms with Crippen LogP contribution in [0.2, 0.25) is 0 Å². The van der Waals surface area contributed by atoms with Gasteiger partial charge in [-0.3, -0.25) is 0 Å². The first-order valence-electron chi connectivity index (χ1n) is 4.57. The Hall–Kier alpha value is -0.860. The number of rotatable bonds is 5. The lowest BCUT2D eigenvalue weighted by Crippen LogP contribution is -1.74. The van der Waals surface area contributed by atoms with Gasteiger partial charge < -0.3 is 0 Å². The molecule has 0 saturated heterocycles. The molecule has 0 bridgehead atoms. The highest BCUT2D eigenvalue weighted by Gasteiger charge is 1.96. The van der Waals surface area contributed by atoms with Gasteiger partial charge in [-0.15, -0.1) is 11.8 Å². The molecular weight excluding hydrogens is 220 g/mol. The second kappa shape index (κ2) is 6.59.